The van der Waals surface area contributed by atoms with Crippen LogP contribution in [-0.2, 0) is 28.9 Å². The summed E-state index contributed by atoms with van der Waals surface area (Å²) < 4.78 is 37.2. The fraction of sp³-hybridized carbons (Fsp3) is 0.625. The van der Waals surface area contributed by atoms with Gasteiger partial charge in [0, 0.05) is 80.6 Å². The van der Waals surface area contributed by atoms with E-state index < -0.39 is 6.43 Å². The van der Waals surface area contributed by atoms with E-state index in [1.54, 1.807) is 6.07 Å². The molecule has 7 nitrogen and oxygen atoms in total. The van der Waals surface area contributed by atoms with Crippen LogP contribution in [0.2, 0.25) is 0 Å². The Morgan fingerprint density at radius 2 is 1.98 bits per heavy atom. The summed E-state index contributed by atoms with van der Waals surface area (Å²) in [6, 6.07) is 4.20. The van der Waals surface area contributed by atoms with E-state index in [1.807, 2.05) is 6.92 Å². The van der Waals surface area contributed by atoms with Crippen molar-refractivity contribution in [2.24, 2.45) is 5.41 Å². The molecule has 1 spiro atoms. The highest BCUT2D eigenvalue weighted by Gasteiger charge is 2.53. The molecule has 1 saturated carbocycles. The van der Waals surface area contributed by atoms with Crippen molar-refractivity contribution in [3.8, 4) is 0 Å². The van der Waals surface area contributed by atoms with Crippen molar-refractivity contribution >= 4 is 17.8 Å². The molecule has 7 rings (SSSR count). The Hall–Kier alpha value is -2.78. The molecule has 9 heteroatoms. The van der Waals surface area contributed by atoms with Gasteiger partial charge in [-0.15, -0.1) is 0 Å². The van der Waals surface area contributed by atoms with Crippen LogP contribution in [0.1, 0.15) is 85.4 Å². The zero-order valence-corrected chi connectivity index (χ0v) is 24.1. The number of hydrogen-bond donors (Lipinski definition) is 0. The summed E-state index contributed by atoms with van der Waals surface area (Å²) >= 11 is 0. The zero-order chi connectivity index (χ0) is 28.3. The lowest BCUT2D eigenvalue weighted by molar-refractivity contribution is -0.116. The minimum atomic E-state index is -2.52. The monoisotopic (exact) mass is 565 g/mol. The third-order valence-corrected chi connectivity index (χ3v) is 10.3. The van der Waals surface area contributed by atoms with Gasteiger partial charge in [0.25, 0.3) is 6.43 Å². The molecule has 5 aliphatic rings. The van der Waals surface area contributed by atoms with Gasteiger partial charge < -0.3 is 19.3 Å². The summed E-state index contributed by atoms with van der Waals surface area (Å²) in [4.78, 5) is 17.5. The predicted molar refractivity (Wildman–Crippen MR) is 154 cm³/mol. The van der Waals surface area contributed by atoms with Crippen LogP contribution < -0.4 is 4.90 Å². The normalized spacial score (nSPS) is 22.8. The Kier molecular flexibility index (Phi) is 6.93. The lowest BCUT2D eigenvalue weighted by Crippen LogP contribution is -2.61. The van der Waals surface area contributed by atoms with Crippen LogP contribution in [0.15, 0.2) is 24.4 Å². The minimum Gasteiger partial charge on any atom is -0.381 e. The zero-order valence-electron chi connectivity index (χ0n) is 24.1. The number of carbonyl (C=O) groups is 1. The summed E-state index contributed by atoms with van der Waals surface area (Å²) in [5.41, 5.74) is 6.83. The van der Waals surface area contributed by atoms with Crippen molar-refractivity contribution in [1.82, 2.24) is 19.6 Å². The number of ether oxygens (including phenoxy) is 1. The summed E-state index contributed by atoms with van der Waals surface area (Å²) in [6.07, 6.45) is 4.97. The van der Waals surface area contributed by atoms with E-state index in [4.69, 9.17) is 9.84 Å². The number of likely N-dealkylation sites (tertiary alicyclic amines) is 1. The molecule has 3 fully saturated rings. The van der Waals surface area contributed by atoms with Crippen LogP contribution >= 0.6 is 0 Å². The average molecular weight is 566 g/mol. The average Bonchev–Trinajstić information content (AvgIpc) is 3.31. The maximum Gasteiger partial charge on any atom is 0.264 e. The van der Waals surface area contributed by atoms with Gasteiger partial charge in [0.2, 0.25) is 0 Å². The van der Waals surface area contributed by atoms with Crippen molar-refractivity contribution in [2.75, 3.05) is 50.8 Å². The first-order chi connectivity index (χ1) is 19.9. The Balaban J connectivity index is 1.23. The van der Waals surface area contributed by atoms with Crippen molar-refractivity contribution in [3.63, 3.8) is 0 Å². The molecule has 0 amide bonds. The fourth-order valence-electron chi connectivity index (χ4n) is 8.23. The van der Waals surface area contributed by atoms with Crippen LogP contribution in [0.4, 0.5) is 20.3 Å². The number of rotatable bonds is 7. The maximum atomic E-state index is 14.6. The number of halogens is 2. The van der Waals surface area contributed by atoms with Gasteiger partial charge in [-0.05, 0) is 74.0 Å². The summed E-state index contributed by atoms with van der Waals surface area (Å²) in [5.74, 6) is 1.10. The van der Waals surface area contributed by atoms with Gasteiger partial charge in [-0.1, -0.05) is 12.6 Å². The van der Waals surface area contributed by atoms with Gasteiger partial charge in [-0.3, -0.25) is 9.58 Å². The summed E-state index contributed by atoms with van der Waals surface area (Å²) in [5, 5.41) is 5.26. The first kappa shape index (κ1) is 27.1. The topological polar surface area (TPSA) is 53.8 Å². The van der Waals surface area contributed by atoms with Gasteiger partial charge in [0.05, 0.1) is 12.6 Å². The molecular weight excluding hydrogens is 524 g/mol. The second-order valence-electron chi connectivity index (χ2n) is 13.1. The summed E-state index contributed by atoms with van der Waals surface area (Å²) in [6.45, 7) is 12.5. The van der Waals surface area contributed by atoms with Crippen molar-refractivity contribution in [2.45, 2.75) is 76.8 Å². The number of aromatic nitrogens is 2. The number of aldehydes is 1. The van der Waals surface area contributed by atoms with Crippen LogP contribution in [-0.4, -0.2) is 71.8 Å². The van der Waals surface area contributed by atoms with Gasteiger partial charge >= 0.3 is 0 Å². The second kappa shape index (κ2) is 10.5. The van der Waals surface area contributed by atoms with Crippen LogP contribution in [0.25, 0.3) is 0 Å². The Morgan fingerprint density at radius 3 is 2.68 bits per heavy atom. The minimum absolute atomic E-state index is 0.169. The van der Waals surface area contributed by atoms with Gasteiger partial charge in [-0.25, -0.2) is 8.78 Å². The number of anilines is 2. The number of benzene rings is 1. The number of carbonyl (C=O) groups excluding carboxylic acids is 1. The lowest BCUT2D eigenvalue weighted by atomic mass is 9.55. The molecule has 1 aromatic heterocycles. The maximum absolute atomic E-state index is 14.6. The fourth-order valence-corrected chi connectivity index (χ4v) is 8.23. The van der Waals surface area contributed by atoms with E-state index in [1.165, 1.54) is 11.3 Å². The van der Waals surface area contributed by atoms with E-state index >= 15 is 0 Å². The SMILES string of the molecule is C=C(C)N1CCc2c(c(N3CCCc4cc(C5CC6(C5)CN(CC=O)C6)c(C(F)F)cc43)nn2C2CCOCC2)C1. The molecule has 41 heavy (non-hydrogen) atoms. The van der Waals surface area contributed by atoms with Crippen LogP contribution in [0, 0.1) is 5.41 Å². The standard InChI is InChI=1S/C32H41F2N5O2/c1-21(2)37-9-5-28-27(18-37)31(35-39(28)24-6-12-41-13-7-24)38-8-3-4-22-14-25(26(30(33)34)15-29(22)38)23-16-32(17-23)19-36(20-32)10-11-40/h11,14-15,23-24,30H,1,3-10,12-13,16-20H2,2H3. The first-order valence-electron chi connectivity index (χ1n) is 15.3. The molecule has 0 N–H and O–H groups in total. The predicted octanol–water partition coefficient (Wildman–Crippen LogP) is 5.53. The van der Waals surface area contributed by atoms with E-state index in [2.05, 4.69) is 32.0 Å². The third-order valence-electron chi connectivity index (χ3n) is 10.3. The second-order valence-corrected chi connectivity index (χ2v) is 13.1. The van der Waals surface area contributed by atoms with E-state index in [9.17, 15) is 13.6 Å². The molecular formula is C32H41F2N5O2. The molecule has 0 atom stereocenters. The highest BCUT2D eigenvalue weighted by Crippen LogP contribution is 2.57. The van der Waals surface area contributed by atoms with Crippen molar-refractivity contribution in [1.29, 1.82) is 0 Å². The largest absolute Gasteiger partial charge is 0.381 e. The van der Waals surface area contributed by atoms with E-state index in [0.717, 1.165) is 125 Å². The molecule has 1 aromatic carbocycles. The Morgan fingerprint density at radius 1 is 1.20 bits per heavy atom. The van der Waals surface area contributed by atoms with Crippen molar-refractivity contribution in [3.05, 3.63) is 52.4 Å². The molecule has 4 aliphatic heterocycles. The molecule has 2 aromatic rings. The molecule has 220 valence electrons. The number of allylic oxidation sites excluding steroid dienone is 1. The van der Waals surface area contributed by atoms with Gasteiger partial charge in [-0.2, -0.15) is 5.10 Å². The quantitative estimate of drug-likeness (QED) is 0.412. The Labute approximate surface area is 241 Å². The van der Waals surface area contributed by atoms with Gasteiger partial charge in [0.1, 0.15) is 6.29 Å². The highest BCUT2D eigenvalue weighted by atomic mass is 19.3. The molecule has 0 bridgehead atoms. The summed E-state index contributed by atoms with van der Waals surface area (Å²) in [7, 11) is 0. The molecule has 0 unspecified atom stereocenters. The van der Waals surface area contributed by atoms with Crippen LogP contribution in [0.5, 0.6) is 0 Å². The molecule has 0 radical (unpaired) electrons. The number of aryl methyl sites for hydroxylation is 1. The molecule has 1 aliphatic carbocycles. The number of nitrogens with zero attached hydrogens (tertiary/aromatic N) is 5. The van der Waals surface area contributed by atoms with Crippen LogP contribution in [0.3, 0.4) is 0 Å². The number of hydrogen-bond acceptors (Lipinski definition) is 6. The smallest absolute Gasteiger partial charge is 0.264 e. The first-order valence-corrected chi connectivity index (χ1v) is 15.3. The van der Waals surface area contributed by atoms with Crippen molar-refractivity contribution < 1.29 is 18.3 Å². The third kappa shape index (κ3) is 4.69. The number of fused-ring (bicyclic) bond motifs is 2. The highest BCUT2D eigenvalue weighted by molar-refractivity contribution is 5.70. The van der Waals surface area contributed by atoms with E-state index in [0.29, 0.717) is 12.6 Å². The molecule has 5 heterocycles. The molecule has 2 saturated heterocycles. The van der Waals surface area contributed by atoms with E-state index in [-0.39, 0.29) is 16.9 Å². The Bertz CT molecular complexity index is 1340. The lowest BCUT2D eigenvalue weighted by Gasteiger charge is -2.59. The number of alkyl halides is 2. The van der Waals surface area contributed by atoms with Gasteiger partial charge in [0.15, 0.2) is 5.82 Å².